The van der Waals surface area contributed by atoms with Crippen LogP contribution in [0.15, 0.2) is 54.0 Å². The molecule has 5 rings (SSSR count). The third kappa shape index (κ3) is 4.36. The first-order valence-corrected chi connectivity index (χ1v) is 13.2. The van der Waals surface area contributed by atoms with Crippen molar-refractivity contribution in [2.75, 3.05) is 22.9 Å². The van der Waals surface area contributed by atoms with E-state index >= 15 is 0 Å². The molecule has 4 heterocycles. The van der Waals surface area contributed by atoms with Gasteiger partial charge < -0.3 is 15.1 Å². The van der Waals surface area contributed by atoms with Crippen molar-refractivity contribution < 1.29 is 0 Å². The van der Waals surface area contributed by atoms with E-state index in [2.05, 4.69) is 76.6 Å². The smallest absolute Gasteiger partial charge is 0.174 e. The van der Waals surface area contributed by atoms with Gasteiger partial charge in [0.2, 0.25) is 0 Å². The van der Waals surface area contributed by atoms with Gasteiger partial charge in [-0.2, -0.15) is 0 Å². The van der Waals surface area contributed by atoms with Gasteiger partial charge in [0.25, 0.3) is 0 Å². The standard InChI is InChI=1S/C26H29ClN4S2/c1-16-12-17(2)15-30(14-16)22-8-7-19(13-20(22)27)31-24(25-18(3)9-11-33-25)23(29-26(31)32)21-6-4-5-10-28-21/h4-11,13,16-17,23-24H,12,14-15H2,1-3H3,(H,29,32)/t16-,17+,23-,24-/m1/s1. The van der Waals surface area contributed by atoms with Gasteiger partial charge in [-0.25, -0.2) is 0 Å². The third-order valence-electron chi connectivity index (χ3n) is 6.69. The lowest BCUT2D eigenvalue weighted by molar-refractivity contribution is 0.357. The number of piperidine rings is 1. The second-order valence-corrected chi connectivity index (χ2v) is 11.2. The van der Waals surface area contributed by atoms with Crippen molar-refractivity contribution in [3.63, 3.8) is 0 Å². The fraction of sp³-hybridized carbons (Fsp3) is 0.385. The summed E-state index contributed by atoms with van der Waals surface area (Å²) in [5.41, 5.74) is 4.37. The first kappa shape index (κ1) is 22.6. The molecule has 0 bridgehead atoms. The number of pyridine rings is 1. The molecule has 1 N–H and O–H groups in total. The molecule has 2 aliphatic heterocycles. The average Bonchev–Trinajstić information content (AvgIpc) is 3.35. The number of aromatic nitrogens is 1. The Hall–Kier alpha value is -2.15. The number of thiocarbonyl (C=S) groups is 1. The number of hydrogen-bond acceptors (Lipinski definition) is 4. The summed E-state index contributed by atoms with van der Waals surface area (Å²) in [6.45, 7) is 8.91. The Morgan fingerprint density at radius 1 is 1.12 bits per heavy atom. The van der Waals surface area contributed by atoms with Crippen molar-refractivity contribution in [1.82, 2.24) is 10.3 Å². The lowest BCUT2D eigenvalue weighted by atomic mass is 9.91. The van der Waals surface area contributed by atoms with Gasteiger partial charge in [-0.3, -0.25) is 4.98 Å². The molecule has 33 heavy (non-hydrogen) atoms. The lowest BCUT2D eigenvalue weighted by Crippen LogP contribution is -2.38. The molecule has 7 heteroatoms. The number of benzene rings is 1. The molecule has 2 saturated heterocycles. The summed E-state index contributed by atoms with van der Waals surface area (Å²) in [5, 5.41) is 7.17. The van der Waals surface area contributed by atoms with Crippen LogP contribution in [0, 0.1) is 18.8 Å². The predicted octanol–water partition coefficient (Wildman–Crippen LogP) is 6.76. The number of rotatable bonds is 4. The number of aryl methyl sites for hydroxylation is 1. The molecule has 0 unspecified atom stereocenters. The molecule has 1 aromatic carbocycles. The minimum Gasteiger partial charge on any atom is -0.370 e. The number of thiophene rings is 1. The van der Waals surface area contributed by atoms with E-state index in [1.54, 1.807) is 11.3 Å². The van der Waals surface area contributed by atoms with Gasteiger partial charge >= 0.3 is 0 Å². The molecule has 0 amide bonds. The van der Waals surface area contributed by atoms with Crippen molar-refractivity contribution in [2.45, 2.75) is 39.3 Å². The van der Waals surface area contributed by atoms with Crippen LogP contribution in [0.1, 0.15) is 48.5 Å². The Kier molecular flexibility index (Phi) is 6.34. The molecule has 2 aliphatic rings. The van der Waals surface area contributed by atoms with Gasteiger partial charge in [0, 0.05) is 29.9 Å². The van der Waals surface area contributed by atoms with E-state index in [0.29, 0.717) is 16.9 Å². The molecule has 4 atom stereocenters. The van der Waals surface area contributed by atoms with E-state index in [1.807, 2.05) is 18.3 Å². The van der Waals surface area contributed by atoms with Crippen LogP contribution in [-0.2, 0) is 0 Å². The largest absolute Gasteiger partial charge is 0.370 e. The van der Waals surface area contributed by atoms with Gasteiger partial charge in [0.15, 0.2) is 5.11 Å². The molecule has 0 aliphatic carbocycles. The maximum atomic E-state index is 6.90. The zero-order chi connectivity index (χ0) is 23.1. The van der Waals surface area contributed by atoms with Gasteiger partial charge in [-0.1, -0.05) is 31.5 Å². The van der Waals surface area contributed by atoms with Gasteiger partial charge in [0.05, 0.1) is 28.5 Å². The SMILES string of the molecule is Cc1ccsc1[C@H]1[C@@H](c2ccccn2)NC(=S)N1c1ccc(N2C[C@H](C)C[C@H](C)C2)c(Cl)c1. The van der Waals surface area contributed by atoms with Crippen LogP contribution in [0.4, 0.5) is 11.4 Å². The minimum atomic E-state index is -0.0294. The van der Waals surface area contributed by atoms with Crippen LogP contribution < -0.4 is 15.1 Å². The summed E-state index contributed by atoms with van der Waals surface area (Å²) in [5.74, 6) is 1.34. The molecule has 172 valence electrons. The van der Waals surface area contributed by atoms with E-state index in [0.717, 1.165) is 35.2 Å². The number of halogens is 1. The summed E-state index contributed by atoms with van der Waals surface area (Å²) >= 11 is 14.5. The van der Waals surface area contributed by atoms with Crippen LogP contribution in [-0.4, -0.2) is 23.2 Å². The molecular formula is C26H29ClN4S2. The van der Waals surface area contributed by atoms with Crippen molar-refractivity contribution in [2.24, 2.45) is 11.8 Å². The highest BCUT2D eigenvalue weighted by Crippen LogP contribution is 2.45. The second kappa shape index (κ2) is 9.24. The van der Waals surface area contributed by atoms with E-state index in [1.165, 1.54) is 16.9 Å². The van der Waals surface area contributed by atoms with Gasteiger partial charge in [0.1, 0.15) is 0 Å². The van der Waals surface area contributed by atoms with Crippen LogP contribution in [0.5, 0.6) is 0 Å². The summed E-state index contributed by atoms with van der Waals surface area (Å²) in [7, 11) is 0. The molecule has 3 aromatic rings. The Bertz CT molecular complexity index is 1140. The van der Waals surface area contributed by atoms with E-state index in [-0.39, 0.29) is 12.1 Å². The van der Waals surface area contributed by atoms with Crippen LogP contribution >= 0.6 is 35.2 Å². The van der Waals surface area contributed by atoms with Gasteiger partial charge in [-0.15, -0.1) is 11.3 Å². The Labute approximate surface area is 210 Å². The van der Waals surface area contributed by atoms with Gasteiger partial charge in [-0.05, 0) is 84.7 Å². The lowest BCUT2D eigenvalue weighted by Gasteiger charge is -2.37. The molecule has 0 radical (unpaired) electrons. The zero-order valence-corrected chi connectivity index (χ0v) is 21.6. The topological polar surface area (TPSA) is 31.4 Å². The normalized spacial score (nSPS) is 25.4. The highest BCUT2D eigenvalue weighted by atomic mass is 35.5. The minimum absolute atomic E-state index is 0.0179. The first-order chi connectivity index (χ1) is 15.9. The zero-order valence-electron chi connectivity index (χ0n) is 19.2. The van der Waals surface area contributed by atoms with Crippen molar-refractivity contribution >= 4 is 51.6 Å². The van der Waals surface area contributed by atoms with E-state index in [4.69, 9.17) is 23.8 Å². The van der Waals surface area contributed by atoms with Crippen LogP contribution in [0.25, 0.3) is 0 Å². The molecule has 0 saturated carbocycles. The summed E-state index contributed by atoms with van der Waals surface area (Å²) in [6.07, 6.45) is 3.12. The number of hydrogen-bond donors (Lipinski definition) is 1. The molecule has 0 spiro atoms. The molecule has 2 fully saturated rings. The van der Waals surface area contributed by atoms with Crippen LogP contribution in [0.2, 0.25) is 5.02 Å². The Balaban J connectivity index is 1.52. The second-order valence-electron chi connectivity index (χ2n) is 9.45. The molecule has 4 nitrogen and oxygen atoms in total. The predicted molar refractivity (Wildman–Crippen MR) is 144 cm³/mol. The fourth-order valence-electron chi connectivity index (χ4n) is 5.35. The van der Waals surface area contributed by atoms with E-state index < -0.39 is 0 Å². The number of nitrogens with zero attached hydrogens (tertiary/aromatic N) is 3. The summed E-state index contributed by atoms with van der Waals surface area (Å²) < 4.78 is 0. The number of anilines is 2. The van der Waals surface area contributed by atoms with Crippen molar-refractivity contribution in [3.8, 4) is 0 Å². The Morgan fingerprint density at radius 3 is 2.55 bits per heavy atom. The van der Waals surface area contributed by atoms with E-state index in [9.17, 15) is 0 Å². The quantitative estimate of drug-likeness (QED) is 0.403. The fourth-order valence-corrected chi connectivity index (χ4v) is 7.04. The average molecular weight is 497 g/mol. The van der Waals surface area contributed by atoms with Crippen LogP contribution in [0.3, 0.4) is 0 Å². The third-order valence-corrected chi connectivity index (χ3v) is 8.39. The number of nitrogens with one attached hydrogen (secondary N) is 1. The first-order valence-electron chi connectivity index (χ1n) is 11.5. The monoisotopic (exact) mass is 496 g/mol. The highest BCUT2D eigenvalue weighted by molar-refractivity contribution is 7.80. The maximum absolute atomic E-state index is 6.90. The summed E-state index contributed by atoms with van der Waals surface area (Å²) in [4.78, 5) is 10.6. The molecular weight excluding hydrogens is 468 g/mol. The molecule has 2 aromatic heterocycles. The summed E-state index contributed by atoms with van der Waals surface area (Å²) in [6, 6.07) is 14.6. The Morgan fingerprint density at radius 2 is 1.91 bits per heavy atom. The van der Waals surface area contributed by atoms with Crippen molar-refractivity contribution in [1.29, 1.82) is 0 Å². The maximum Gasteiger partial charge on any atom is 0.174 e. The van der Waals surface area contributed by atoms with Crippen molar-refractivity contribution in [3.05, 3.63) is 75.2 Å². The highest BCUT2D eigenvalue weighted by Gasteiger charge is 2.42.